The fraction of sp³-hybridized carbons (Fsp3) is 0.333. The summed E-state index contributed by atoms with van der Waals surface area (Å²) in [7, 11) is 0. The van der Waals surface area contributed by atoms with E-state index in [1.165, 1.54) is 6.07 Å². The molecule has 0 unspecified atom stereocenters. The number of carboxylic acids is 1. The van der Waals surface area contributed by atoms with Crippen molar-refractivity contribution in [1.29, 1.82) is 0 Å². The molecule has 0 aliphatic carbocycles. The Morgan fingerprint density at radius 3 is 2.67 bits per heavy atom. The molecule has 0 radical (unpaired) electrons. The van der Waals surface area contributed by atoms with Crippen LogP contribution in [-0.2, 0) is 11.2 Å². The molecule has 0 atom stereocenters. The summed E-state index contributed by atoms with van der Waals surface area (Å²) in [4.78, 5) is 21.5. The molecule has 0 spiro atoms. The molecule has 0 bridgehead atoms. The molecule has 0 amide bonds. The van der Waals surface area contributed by atoms with Crippen LogP contribution in [0.3, 0.4) is 0 Å². The second-order valence-corrected chi connectivity index (χ2v) is 4.20. The highest BCUT2D eigenvalue weighted by molar-refractivity contribution is 6.32. The Hall–Kier alpha value is -1.75. The number of carbonyl (C=O) groups excluding carboxylic acids is 1. The van der Waals surface area contributed by atoms with Crippen LogP contribution in [0.15, 0.2) is 6.07 Å². The summed E-state index contributed by atoms with van der Waals surface area (Å²) < 4.78 is 10.8. The minimum atomic E-state index is -0.920. The van der Waals surface area contributed by atoms with Crippen molar-refractivity contribution in [2.45, 2.75) is 12.8 Å². The lowest BCUT2D eigenvalue weighted by Crippen LogP contribution is -2.18. The number of carbonyl (C=O) groups is 2. The van der Waals surface area contributed by atoms with E-state index >= 15 is 0 Å². The van der Waals surface area contributed by atoms with Crippen LogP contribution in [0.25, 0.3) is 0 Å². The molecule has 1 aromatic rings. The zero-order chi connectivity index (χ0) is 13.1. The summed E-state index contributed by atoms with van der Waals surface area (Å²) in [6.07, 6.45) is 0.815. The first-order valence-electron chi connectivity index (χ1n) is 5.41. The number of fused-ring (bicyclic) bond motifs is 1. The molecule has 1 aliphatic heterocycles. The maximum atomic E-state index is 10.9. The molecule has 1 N–H and O–H groups in total. The molecule has 5 nitrogen and oxygen atoms in total. The summed E-state index contributed by atoms with van der Waals surface area (Å²) in [5.41, 5.74) is 0.883. The van der Waals surface area contributed by atoms with Crippen molar-refractivity contribution in [2.24, 2.45) is 0 Å². The quantitative estimate of drug-likeness (QED) is 0.847. The Morgan fingerprint density at radius 1 is 1.39 bits per heavy atom. The van der Waals surface area contributed by atoms with Crippen LogP contribution in [0.4, 0.5) is 0 Å². The number of benzene rings is 1. The SMILES string of the molecule is O=Cc1cc(Cl)c(CCC(=O)O)c2c1OCCO2. The van der Waals surface area contributed by atoms with E-state index in [0.29, 0.717) is 47.1 Å². The van der Waals surface area contributed by atoms with Gasteiger partial charge < -0.3 is 14.6 Å². The minimum absolute atomic E-state index is 0.0596. The molecule has 0 saturated heterocycles. The zero-order valence-corrected chi connectivity index (χ0v) is 10.2. The molecule has 0 fully saturated rings. The Labute approximate surface area is 108 Å². The van der Waals surface area contributed by atoms with Crippen LogP contribution in [0.1, 0.15) is 22.3 Å². The number of hydrogen-bond donors (Lipinski definition) is 1. The normalized spacial score (nSPS) is 13.2. The van der Waals surface area contributed by atoms with E-state index < -0.39 is 5.97 Å². The van der Waals surface area contributed by atoms with Gasteiger partial charge in [0.1, 0.15) is 13.2 Å². The smallest absolute Gasteiger partial charge is 0.303 e. The third-order valence-electron chi connectivity index (χ3n) is 2.60. The lowest BCUT2D eigenvalue weighted by molar-refractivity contribution is -0.136. The summed E-state index contributed by atoms with van der Waals surface area (Å²) in [6, 6.07) is 1.47. The molecule has 18 heavy (non-hydrogen) atoms. The standard InChI is InChI=1S/C12H11ClO5/c13-9-5-7(6-14)11-12(18-4-3-17-11)8(9)1-2-10(15)16/h5-6H,1-4H2,(H,15,16). The number of aldehydes is 1. The highest BCUT2D eigenvalue weighted by atomic mass is 35.5. The van der Waals surface area contributed by atoms with Gasteiger partial charge in [-0.3, -0.25) is 9.59 Å². The van der Waals surface area contributed by atoms with Gasteiger partial charge in [0.05, 0.1) is 5.56 Å². The van der Waals surface area contributed by atoms with Gasteiger partial charge in [0.15, 0.2) is 17.8 Å². The average Bonchev–Trinajstić information content (AvgIpc) is 2.36. The van der Waals surface area contributed by atoms with Gasteiger partial charge in [-0.25, -0.2) is 0 Å². The summed E-state index contributed by atoms with van der Waals surface area (Å²) in [5.74, 6) is -0.186. The largest absolute Gasteiger partial charge is 0.486 e. The first kappa shape index (κ1) is 12.7. The van der Waals surface area contributed by atoms with Crippen molar-refractivity contribution in [3.05, 3.63) is 22.2 Å². The lowest BCUT2D eigenvalue weighted by Gasteiger charge is -2.23. The number of rotatable bonds is 4. The topological polar surface area (TPSA) is 72.8 Å². The van der Waals surface area contributed by atoms with Crippen molar-refractivity contribution >= 4 is 23.9 Å². The maximum absolute atomic E-state index is 10.9. The van der Waals surface area contributed by atoms with Crippen molar-refractivity contribution < 1.29 is 24.2 Å². The van der Waals surface area contributed by atoms with Crippen LogP contribution in [0, 0.1) is 0 Å². The fourth-order valence-electron chi connectivity index (χ4n) is 1.81. The van der Waals surface area contributed by atoms with E-state index in [9.17, 15) is 9.59 Å². The van der Waals surface area contributed by atoms with Crippen LogP contribution in [0.5, 0.6) is 11.5 Å². The number of aliphatic carboxylic acids is 1. The molecule has 0 aromatic heterocycles. The Morgan fingerprint density at radius 2 is 2.06 bits per heavy atom. The number of halogens is 1. The molecule has 2 rings (SSSR count). The first-order chi connectivity index (χ1) is 8.63. The number of carboxylic acid groups (broad SMARTS) is 1. The Kier molecular flexibility index (Phi) is 3.72. The Balaban J connectivity index is 2.44. The minimum Gasteiger partial charge on any atom is -0.486 e. The van der Waals surface area contributed by atoms with Crippen molar-refractivity contribution in [1.82, 2.24) is 0 Å². The molecule has 1 aliphatic rings. The predicted molar refractivity (Wildman–Crippen MR) is 63.8 cm³/mol. The van der Waals surface area contributed by atoms with Gasteiger partial charge >= 0.3 is 5.97 Å². The van der Waals surface area contributed by atoms with Crippen LogP contribution < -0.4 is 9.47 Å². The second kappa shape index (κ2) is 5.27. The van der Waals surface area contributed by atoms with E-state index in [-0.39, 0.29) is 12.8 Å². The molecule has 1 heterocycles. The summed E-state index contributed by atoms with van der Waals surface area (Å²) in [5, 5.41) is 9.02. The van der Waals surface area contributed by atoms with Gasteiger partial charge in [-0.2, -0.15) is 0 Å². The summed E-state index contributed by atoms with van der Waals surface area (Å²) in [6.45, 7) is 0.708. The van der Waals surface area contributed by atoms with Gasteiger partial charge in [-0.15, -0.1) is 0 Å². The zero-order valence-electron chi connectivity index (χ0n) is 9.44. The molecule has 6 heteroatoms. The van der Waals surface area contributed by atoms with Crippen molar-refractivity contribution in [3.8, 4) is 11.5 Å². The van der Waals surface area contributed by atoms with Gasteiger partial charge in [0.2, 0.25) is 0 Å². The van der Waals surface area contributed by atoms with Crippen LogP contribution >= 0.6 is 11.6 Å². The maximum Gasteiger partial charge on any atom is 0.303 e. The van der Waals surface area contributed by atoms with Crippen LogP contribution in [0.2, 0.25) is 5.02 Å². The Bertz CT molecular complexity index is 498. The monoisotopic (exact) mass is 270 g/mol. The third kappa shape index (κ3) is 2.41. The fourth-order valence-corrected chi connectivity index (χ4v) is 2.11. The van der Waals surface area contributed by atoms with Crippen molar-refractivity contribution in [3.63, 3.8) is 0 Å². The van der Waals surface area contributed by atoms with Crippen LogP contribution in [-0.4, -0.2) is 30.6 Å². The first-order valence-corrected chi connectivity index (χ1v) is 5.79. The predicted octanol–water partition coefficient (Wildman–Crippen LogP) is 1.94. The van der Waals surface area contributed by atoms with E-state index in [1.807, 2.05) is 0 Å². The van der Waals surface area contributed by atoms with E-state index in [1.54, 1.807) is 0 Å². The molecule has 0 saturated carbocycles. The van der Waals surface area contributed by atoms with Crippen molar-refractivity contribution in [2.75, 3.05) is 13.2 Å². The highest BCUT2D eigenvalue weighted by Crippen LogP contribution is 2.41. The molecule has 1 aromatic carbocycles. The van der Waals surface area contributed by atoms with Gasteiger partial charge in [0.25, 0.3) is 0 Å². The molecular weight excluding hydrogens is 260 g/mol. The second-order valence-electron chi connectivity index (χ2n) is 3.79. The van der Waals surface area contributed by atoms with Gasteiger partial charge in [-0.1, -0.05) is 11.6 Å². The van der Waals surface area contributed by atoms with E-state index in [0.717, 1.165) is 0 Å². The summed E-state index contributed by atoms with van der Waals surface area (Å²) >= 11 is 6.04. The highest BCUT2D eigenvalue weighted by Gasteiger charge is 2.23. The number of ether oxygens (including phenoxy) is 2. The third-order valence-corrected chi connectivity index (χ3v) is 2.94. The van der Waals surface area contributed by atoms with E-state index in [2.05, 4.69) is 0 Å². The molecular formula is C12H11ClO5. The van der Waals surface area contributed by atoms with E-state index in [4.69, 9.17) is 26.2 Å². The number of hydrogen-bond acceptors (Lipinski definition) is 4. The molecule has 96 valence electrons. The average molecular weight is 271 g/mol. The van der Waals surface area contributed by atoms with Gasteiger partial charge in [-0.05, 0) is 12.5 Å². The lowest BCUT2D eigenvalue weighted by atomic mass is 10.0. The van der Waals surface area contributed by atoms with Gasteiger partial charge in [0, 0.05) is 17.0 Å².